The van der Waals surface area contributed by atoms with Crippen LogP contribution in [0.15, 0.2) is 83.8 Å². The van der Waals surface area contributed by atoms with E-state index >= 15 is 0 Å². The zero-order chi connectivity index (χ0) is 22.7. The third kappa shape index (κ3) is 4.37. The Balaban J connectivity index is 1.59. The van der Waals surface area contributed by atoms with Gasteiger partial charge in [0.15, 0.2) is 17.3 Å². The molecule has 7 heteroatoms. The fraction of sp³-hybridized carbons (Fsp3) is 0.0400. The number of imidazole rings is 1. The van der Waals surface area contributed by atoms with Crippen molar-refractivity contribution in [3.05, 3.63) is 106 Å². The Morgan fingerprint density at radius 1 is 1.09 bits per heavy atom. The smallest absolute Gasteiger partial charge is 0.330 e. The molecule has 160 valence electrons. The van der Waals surface area contributed by atoms with Gasteiger partial charge in [-0.1, -0.05) is 24.3 Å². The van der Waals surface area contributed by atoms with E-state index in [-0.39, 0.29) is 23.0 Å². The molecule has 0 saturated heterocycles. The topological polar surface area (TPSA) is 84.3 Å². The summed E-state index contributed by atoms with van der Waals surface area (Å²) in [4.78, 5) is 27.9. The van der Waals surface area contributed by atoms with Gasteiger partial charge in [0.1, 0.15) is 5.82 Å². The molecule has 0 fully saturated rings. The van der Waals surface area contributed by atoms with Crippen LogP contribution in [0.5, 0.6) is 11.5 Å². The van der Waals surface area contributed by atoms with Crippen LogP contribution in [-0.2, 0) is 0 Å². The summed E-state index contributed by atoms with van der Waals surface area (Å²) in [5.41, 5.74) is 2.44. The van der Waals surface area contributed by atoms with Crippen LogP contribution in [0.2, 0.25) is 0 Å². The summed E-state index contributed by atoms with van der Waals surface area (Å²) in [6.07, 6.45) is 4.64. The number of rotatable bonds is 6. The number of phenolic OH excluding ortho intramolecular Hbond substituents is 1. The number of carbonyl (C=O) groups is 1. The van der Waals surface area contributed by atoms with Gasteiger partial charge in [0.25, 0.3) is 0 Å². The summed E-state index contributed by atoms with van der Waals surface area (Å²) < 4.78 is 19.6. The van der Waals surface area contributed by atoms with Gasteiger partial charge in [-0.05, 0) is 65.7 Å². The highest BCUT2D eigenvalue weighted by Crippen LogP contribution is 2.27. The maximum absolute atomic E-state index is 13.2. The molecule has 6 nitrogen and oxygen atoms in total. The summed E-state index contributed by atoms with van der Waals surface area (Å²) in [5.74, 6) is -0.284. The summed E-state index contributed by atoms with van der Waals surface area (Å²) in [6, 6.07) is 17.2. The molecule has 0 aliphatic heterocycles. The first kappa shape index (κ1) is 20.9. The fourth-order valence-corrected chi connectivity index (χ4v) is 3.24. The predicted octanol–water partition coefficient (Wildman–Crippen LogP) is 4.58. The molecule has 0 bridgehead atoms. The molecule has 4 rings (SSSR count). The van der Waals surface area contributed by atoms with E-state index in [0.717, 1.165) is 0 Å². The lowest BCUT2D eigenvalue weighted by Gasteiger charge is -2.04. The number of carbonyl (C=O) groups excluding carboxylic acids is 1. The van der Waals surface area contributed by atoms with Crippen LogP contribution in [0, 0.1) is 5.82 Å². The van der Waals surface area contributed by atoms with Crippen molar-refractivity contribution in [3.8, 4) is 28.4 Å². The van der Waals surface area contributed by atoms with Gasteiger partial charge in [0.05, 0.1) is 18.5 Å². The minimum atomic E-state index is -0.374. The van der Waals surface area contributed by atoms with E-state index in [4.69, 9.17) is 4.74 Å². The number of aromatic hydroxyl groups is 1. The number of nitrogens with one attached hydrogen (secondary N) is 1. The first-order valence-corrected chi connectivity index (χ1v) is 9.72. The summed E-state index contributed by atoms with van der Waals surface area (Å²) in [5, 5.41) is 9.68. The standard InChI is InChI=1S/C25H19FN2O4/c1-32-24-13-16(6-12-23(24)30)5-11-22(29)18-3-2-4-20(14-18)28-15-21(27-25(28)31)17-7-9-19(26)10-8-17/h2-15,30H,1H3,(H,27,31). The van der Waals surface area contributed by atoms with Crippen molar-refractivity contribution in [2.75, 3.05) is 7.11 Å². The van der Waals surface area contributed by atoms with Crippen LogP contribution in [0.25, 0.3) is 23.0 Å². The molecular weight excluding hydrogens is 411 g/mol. The average molecular weight is 430 g/mol. The molecule has 4 aromatic rings. The number of halogens is 1. The zero-order valence-electron chi connectivity index (χ0n) is 17.1. The highest BCUT2D eigenvalue weighted by Gasteiger charge is 2.10. The second-order valence-corrected chi connectivity index (χ2v) is 7.03. The minimum absolute atomic E-state index is 0.0145. The quantitative estimate of drug-likeness (QED) is 0.346. The Labute approximate surface area is 182 Å². The number of nitrogens with zero attached hydrogens (tertiary/aromatic N) is 1. The van der Waals surface area contributed by atoms with Crippen molar-refractivity contribution in [1.82, 2.24) is 9.55 Å². The van der Waals surface area contributed by atoms with Gasteiger partial charge >= 0.3 is 5.69 Å². The molecule has 0 spiro atoms. The minimum Gasteiger partial charge on any atom is -0.504 e. The Bertz CT molecular complexity index is 1370. The normalized spacial score (nSPS) is 11.1. The van der Waals surface area contributed by atoms with Crippen molar-refractivity contribution >= 4 is 11.9 Å². The molecule has 3 aromatic carbocycles. The maximum atomic E-state index is 13.2. The van der Waals surface area contributed by atoms with Crippen LogP contribution in [0.4, 0.5) is 4.39 Å². The molecule has 0 atom stereocenters. The van der Waals surface area contributed by atoms with Gasteiger partial charge in [-0.2, -0.15) is 0 Å². The van der Waals surface area contributed by atoms with E-state index in [1.807, 2.05) is 0 Å². The van der Waals surface area contributed by atoms with Crippen molar-refractivity contribution in [3.63, 3.8) is 0 Å². The first-order chi connectivity index (χ1) is 15.4. The lowest BCUT2D eigenvalue weighted by molar-refractivity contribution is 0.104. The van der Waals surface area contributed by atoms with E-state index < -0.39 is 0 Å². The number of allylic oxidation sites excluding steroid dienone is 1. The second-order valence-electron chi connectivity index (χ2n) is 7.03. The predicted molar refractivity (Wildman–Crippen MR) is 120 cm³/mol. The van der Waals surface area contributed by atoms with Crippen molar-refractivity contribution < 1.29 is 19.0 Å². The number of phenols is 1. The van der Waals surface area contributed by atoms with E-state index in [2.05, 4.69) is 4.98 Å². The number of methoxy groups -OCH3 is 1. The molecule has 0 aliphatic rings. The number of ether oxygens (including phenoxy) is 1. The lowest BCUT2D eigenvalue weighted by atomic mass is 10.1. The van der Waals surface area contributed by atoms with Gasteiger partial charge in [0.2, 0.25) is 0 Å². The third-order valence-corrected chi connectivity index (χ3v) is 4.91. The molecule has 1 aromatic heterocycles. The highest BCUT2D eigenvalue weighted by atomic mass is 19.1. The zero-order valence-corrected chi connectivity index (χ0v) is 17.1. The maximum Gasteiger partial charge on any atom is 0.330 e. The number of hydrogen-bond donors (Lipinski definition) is 2. The Kier molecular flexibility index (Phi) is 5.72. The van der Waals surface area contributed by atoms with Crippen LogP contribution in [0.3, 0.4) is 0 Å². The molecule has 0 radical (unpaired) electrons. The van der Waals surface area contributed by atoms with E-state index in [0.29, 0.717) is 33.8 Å². The fourth-order valence-electron chi connectivity index (χ4n) is 3.24. The number of aromatic amines is 1. The lowest BCUT2D eigenvalue weighted by Crippen LogP contribution is -2.14. The third-order valence-electron chi connectivity index (χ3n) is 4.91. The van der Waals surface area contributed by atoms with Gasteiger partial charge in [-0.15, -0.1) is 0 Å². The highest BCUT2D eigenvalue weighted by molar-refractivity contribution is 6.07. The molecule has 0 unspecified atom stereocenters. The number of aromatic nitrogens is 2. The van der Waals surface area contributed by atoms with Crippen LogP contribution in [-0.4, -0.2) is 27.6 Å². The number of H-pyrrole nitrogens is 1. The summed E-state index contributed by atoms with van der Waals surface area (Å²) in [7, 11) is 1.45. The van der Waals surface area contributed by atoms with Crippen LogP contribution in [0.1, 0.15) is 15.9 Å². The largest absolute Gasteiger partial charge is 0.504 e. The SMILES string of the molecule is COc1cc(C=CC(=O)c2cccc(-n3cc(-c4ccc(F)cc4)[nH]c3=O)c2)ccc1O. The Morgan fingerprint density at radius 3 is 2.62 bits per heavy atom. The van der Waals surface area contributed by atoms with Gasteiger partial charge in [0, 0.05) is 11.8 Å². The Morgan fingerprint density at radius 2 is 1.88 bits per heavy atom. The second kappa shape index (κ2) is 8.77. The van der Waals surface area contributed by atoms with E-state index in [1.165, 1.54) is 36.0 Å². The van der Waals surface area contributed by atoms with Crippen LogP contribution >= 0.6 is 0 Å². The summed E-state index contributed by atoms with van der Waals surface area (Å²) in [6.45, 7) is 0. The van der Waals surface area contributed by atoms with Crippen LogP contribution < -0.4 is 10.4 Å². The van der Waals surface area contributed by atoms with Gasteiger partial charge < -0.3 is 14.8 Å². The first-order valence-electron chi connectivity index (χ1n) is 9.72. The summed E-state index contributed by atoms with van der Waals surface area (Å²) >= 11 is 0. The number of ketones is 1. The molecule has 0 saturated carbocycles. The van der Waals surface area contributed by atoms with Gasteiger partial charge in [-0.25, -0.2) is 9.18 Å². The molecular formula is C25H19FN2O4. The molecule has 1 heterocycles. The average Bonchev–Trinajstić information content (AvgIpc) is 3.20. The van der Waals surface area contributed by atoms with Crippen molar-refractivity contribution in [2.24, 2.45) is 0 Å². The Hall–Kier alpha value is -4.39. The van der Waals surface area contributed by atoms with Gasteiger partial charge in [-0.3, -0.25) is 9.36 Å². The molecule has 0 aliphatic carbocycles. The van der Waals surface area contributed by atoms with Crippen molar-refractivity contribution in [1.29, 1.82) is 0 Å². The van der Waals surface area contributed by atoms with E-state index in [9.17, 15) is 19.1 Å². The van der Waals surface area contributed by atoms with E-state index in [1.54, 1.807) is 60.8 Å². The molecule has 2 N–H and O–H groups in total. The number of hydrogen-bond acceptors (Lipinski definition) is 4. The van der Waals surface area contributed by atoms with Crippen molar-refractivity contribution in [2.45, 2.75) is 0 Å². The molecule has 32 heavy (non-hydrogen) atoms. The molecule has 0 amide bonds. The monoisotopic (exact) mass is 430 g/mol. The number of benzene rings is 3.